The van der Waals surface area contributed by atoms with E-state index in [2.05, 4.69) is 11.4 Å². The molecule has 0 saturated carbocycles. The second kappa shape index (κ2) is 8.07. The van der Waals surface area contributed by atoms with Crippen LogP contribution in [0.25, 0.3) is 10.9 Å². The Morgan fingerprint density at radius 3 is 2.81 bits per heavy atom. The van der Waals surface area contributed by atoms with Crippen LogP contribution in [0.15, 0.2) is 52.3 Å². The van der Waals surface area contributed by atoms with Crippen molar-refractivity contribution in [2.24, 2.45) is 0 Å². The Balaban J connectivity index is 0.00000196. The molecule has 0 saturated heterocycles. The molecule has 6 heteroatoms. The van der Waals surface area contributed by atoms with Gasteiger partial charge in [-0.3, -0.25) is 4.79 Å². The van der Waals surface area contributed by atoms with Gasteiger partial charge in [-0.1, -0.05) is 40.1 Å². The van der Waals surface area contributed by atoms with E-state index in [1.807, 2.05) is 41.8 Å². The fraction of sp³-hybridized carbons (Fsp3) is 0.200. The summed E-state index contributed by atoms with van der Waals surface area (Å²) >= 11 is 1.72. The number of carbonyl (C=O) groups is 1. The van der Waals surface area contributed by atoms with Gasteiger partial charge in [-0.25, -0.2) is 0 Å². The molecule has 26 heavy (non-hydrogen) atoms. The van der Waals surface area contributed by atoms with E-state index >= 15 is 0 Å². The molecular formula is C20H17N2O2SY-. The quantitative estimate of drug-likeness (QED) is 0.640. The zero-order valence-electron chi connectivity index (χ0n) is 14.4. The van der Waals surface area contributed by atoms with Gasteiger partial charge < -0.3 is 14.7 Å². The molecule has 1 amide bonds. The number of aromatic nitrogens is 1. The maximum absolute atomic E-state index is 12.8. The summed E-state index contributed by atoms with van der Waals surface area (Å²) in [5, 5.41) is 3.42. The Morgan fingerprint density at radius 2 is 2.04 bits per heavy atom. The van der Waals surface area contributed by atoms with E-state index in [4.69, 9.17) is 0 Å². The molecule has 2 aromatic carbocycles. The molecule has 4 nitrogen and oxygen atoms in total. The van der Waals surface area contributed by atoms with Crippen molar-refractivity contribution in [3.05, 3.63) is 75.6 Å². The molecule has 0 unspecified atom stereocenters. The van der Waals surface area contributed by atoms with Crippen LogP contribution < -0.4 is 10.7 Å². The molecule has 1 aliphatic heterocycles. The van der Waals surface area contributed by atoms with Gasteiger partial charge in [-0.15, -0.1) is 0 Å². The Kier molecular flexibility index (Phi) is 6.00. The van der Waals surface area contributed by atoms with E-state index in [-0.39, 0.29) is 49.6 Å². The third kappa shape index (κ3) is 3.66. The predicted molar refractivity (Wildman–Crippen MR) is 100 cm³/mol. The molecule has 0 atom stereocenters. The van der Waals surface area contributed by atoms with Crippen molar-refractivity contribution < 1.29 is 37.5 Å². The van der Waals surface area contributed by atoms with Gasteiger partial charge in [0.25, 0.3) is 5.91 Å². The monoisotopic (exact) mass is 438 g/mol. The van der Waals surface area contributed by atoms with Gasteiger partial charge in [0, 0.05) is 57.7 Å². The number of thioether (sulfide) groups is 1. The van der Waals surface area contributed by atoms with Crippen molar-refractivity contribution in [3.8, 4) is 0 Å². The second-order valence-electron chi connectivity index (χ2n) is 6.16. The van der Waals surface area contributed by atoms with Crippen LogP contribution in [0.5, 0.6) is 0 Å². The molecule has 3 aromatic rings. The maximum atomic E-state index is 12.8. The third-order valence-electron chi connectivity index (χ3n) is 4.40. The van der Waals surface area contributed by atoms with Crippen LogP contribution in [-0.4, -0.2) is 16.2 Å². The third-order valence-corrected chi connectivity index (χ3v) is 5.41. The Labute approximate surface area is 181 Å². The Morgan fingerprint density at radius 1 is 1.27 bits per heavy atom. The number of carbonyl (C=O) groups excluding carboxylic acids is 1. The number of hydrogen-bond donors (Lipinski definition) is 1. The van der Waals surface area contributed by atoms with E-state index in [1.165, 1.54) is 5.56 Å². The molecule has 0 aliphatic carbocycles. The number of aryl methyl sites for hydroxylation is 2. The molecule has 1 aromatic heterocycles. The number of rotatable bonds is 3. The summed E-state index contributed by atoms with van der Waals surface area (Å²) in [5.41, 5.74) is 3.06. The van der Waals surface area contributed by atoms with Crippen molar-refractivity contribution in [2.75, 3.05) is 5.75 Å². The van der Waals surface area contributed by atoms with Crippen molar-refractivity contribution in [1.82, 2.24) is 9.88 Å². The molecule has 1 N–H and O–H groups in total. The average molecular weight is 438 g/mol. The van der Waals surface area contributed by atoms with Gasteiger partial charge in [-0.2, -0.15) is 30.0 Å². The first kappa shape index (κ1) is 19.3. The van der Waals surface area contributed by atoms with Gasteiger partial charge in [0.1, 0.15) is 5.43 Å². The number of amides is 1. The smallest absolute Gasteiger partial charge is 0.255 e. The average Bonchev–Trinajstić information content (AvgIpc) is 2.64. The maximum Gasteiger partial charge on any atom is 0.255 e. The summed E-state index contributed by atoms with van der Waals surface area (Å²) in [5.74, 6) is 0.590. The van der Waals surface area contributed by atoms with Crippen molar-refractivity contribution >= 4 is 28.6 Å². The van der Waals surface area contributed by atoms with Gasteiger partial charge in [0.05, 0.1) is 5.56 Å². The molecule has 2 heterocycles. The molecule has 1 radical (unpaired) electrons. The Hall–Kier alpha value is -1.43. The minimum absolute atomic E-state index is 0. The topological polar surface area (TPSA) is 51.1 Å². The number of nitrogens with zero attached hydrogens (tertiary/aromatic N) is 1. The van der Waals surface area contributed by atoms with E-state index < -0.39 is 0 Å². The predicted octanol–water partition coefficient (Wildman–Crippen LogP) is 3.14. The zero-order valence-corrected chi connectivity index (χ0v) is 18.1. The Bertz CT molecular complexity index is 1030. The van der Waals surface area contributed by atoms with E-state index in [0.717, 1.165) is 28.3 Å². The SMILES string of the molecule is Cc1ccc(CNC(=O)c2cn3c4c(c[c-]cc4c2=O)SCC3)cc1.[Y]. The van der Waals surface area contributed by atoms with Gasteiger partial charge in [0.15, 0.2) is 0 Å². The number of pyridine rings is 1. The molecule has 0 bridgehead atoms. The first-order chi connectivity index (χ1) is 12.1. The summed E-state index contributed by atoms with van der Waals surface area (Å²) in [6, 6.07) is 14.6. The van der Waals surface area contributed by atoms with Crippen LogP contribution in [0.2, 0.25) is 0 Å². The summed E-state index contributed by atoms with van der Waals surface area (Å²) in [7, 11) is 0. The zero-order chi connectivity index (χ0) is 17.4. The van der Waals surface area contributed by atoms with Crippen LogP contribution in [0.1, 0.15) is 21.5 Å². The number of nitrogens with one attached hydrogen (secondary N) is 1. The van der Waals surface area contributed by atoms with Crippen molar-refractivity contribution in [2.45, 2.75) is 24.9 Å². The molecule has 4 rings (SSSR count). The largest absolute Gasteiger partial charge is 0.367 e. The number of benzene rings is 2. The molecular weight excluding hydrogens is 421 g/mol. The van der Waals surface area contributed by atoms with Gasteiger partial charge in [-0.05, 0) is 18.0 Å². The minimum atomic E-state index is -0.333. The van der Waals surface area contributed by atoms with Crippen molar-refractivity contribution in [1.29, 1.82) is 0 Å². The molecule has 0 fully saturated rings. The second-order valence-corrected chi connectivity index (χ2v) is 7.30. The van der Waals surface area contributed by atoms with Crippen LogP contribution >= 0.6 is 11.8 Å². The first-order valence-electron chi connectivity index (χ1n) is 8.17. The van der Waals surface area contributed by atoms with Crippen LogP contribution in [0, 0.1) is 13.0 Å². The van der Waals surface area contributed by atoms with E-state index in [0.29, 0.717) is 11.9 Å². The van der Waals surface area contributed by atoms with Gasteiger partial charge >= 0.3 is 0 Å². The normalized spacial score (nSPS) is 12.5. The fourth-order valence-electron chi connectivity index (χ4n) is 3.05. The molecule has 129 valence electrons. The summed E-state index contributed by atoms with van der Waals surface area (Å²) < 4.78 is 2.01. The number of hydrogen-bond acceptors (Lipinski definition) is 3. The summed E-state index contributed by atoms with van der Waals surface area (Å²) in [6.07, 6.45) is 1.69. The van der Waals surface area contributed by atoms with Crippen LogP contribution in [0.4, 0.5) is 0 Å². The van der Waals surface area contributed by atoms with Gasteiger partial charge in [0.2, 0.25) is 0 Å². The van der Waals surface area contributed by atoms with Crippen molar-refractivity contribution in [3.63, 3.8) is 0 Å². The van der Waals surface area contributed by atoms with E-state index in [9.17, 15) is 9.59 Å². The van der Waals surface area contributed by atoms with Crippen LogP contribution in [-0.2, 0) is 45.8 Å². The summed E-state index contributed by atoms with van der Waals surface area (Å²) in [4.78, 5) is 26.4. The first-order valence-corrected chi connectivity index (χ1v) is 9.16. The van der Waals surface area contributed by atoms with Crippen LogP contribution in [0.3, 0.4) is 0 Å². The molecule has 1 aliphatic rings. The fourth-order valence-corrected chi connectivity index (χ4v) is 4.07. The molecule has 0 spiro atoms. The summed E-state index contributed by atoms with van der Waals surface area (Å²) in [6.45, 7) is 3.21. The van der Waals surface area contributed by atoms with E-state index in [1.54, 1.807) is 24.0 Å². The standard InChI is InChI=1S/C20H17N2O2S.Y/c1-13-5-7-14(8-6-13)11-21-20(24)16-12-22-9-10-25-17-4-2-3-15(18(17)22)19(16)23;/h3-8,12H,9-11H2,1H3,(H,21,24);/q-1;. The minimum Gasteiger partial charge on any atom is -0.367 e.